The topological polar surface area (TPSA) is 76.6 Å². The van der Waals surface area contributed by atoms with E-state index in [9.17, 15) is 5.26 Å². The molecule has 0 aliphatic carbocycles. The SMILES string of the molecule is CCOc1ccccc1-n1nnc(C#N)c1-c1cccnc1. The van der Waals surface area contributed by atoms with E-state index in [1.54, 1.807) is 17.1 Å². The van der Waals surface area contributed by atoms with Gasteiger partial charge in [-0.25, -0.2) is 4.68 Å². The summed E-state index contributed by atoms with van der Waals surface area (Å²) in [5.41, 5.74) is 2.36. The first-order chi connectivity index (χ1) is 10.8. The van der Waals surface area contributed by atoms with Crippen LogP contribution in [0.2, 0.25) is 0 Å². The molecule has 2 heterocycles. The predicted octanol–water partition coefficient (Wildman–Crippen LogP) is 2.60. The number of ether oxygens (including phenoxy) is 1. The average Bonchev–Trinajstić information content (AvgIpc) is 3.00. The van der Waals surface area contributed by atoms with E-state index in [1.807, 2.05) is 43.3 Å². The van der Waals surface area contributed by atoms with E-state index in [-0.39, 0.29) is 5.69 Å². The van der Waals surface area contributed by atoms with E-state index < -0.39 is 0 Å². The summed E-state index contributed by atoms with van der Waals surface area (Å²) < 4.78 is 7.25. The number of nitriles is 1. The molecule has 0 amide bonds. The number of hydrogen-bond acceptors (Lipinski definition) is 5. The number of aromatic nitrogens is 4. The third kappa shape index (κ3) is 2.40. The molecule has 6 heteroatoms. The zero-order chi connectivity index (χ0) is 15.4. The van der Waals surface area contributed by atoms with Crippen molar-refractivity contribution in [3.05, 3.63) is 54.5 Å². The van der Waals surface area contributed by atoms with Crippen LogP contribution >= 0.6 is 0 Å². The minimum absolute atomic E-state index is 0.249. The minimum Gasteiger partial charge on any atom is -0.492 e. The highest BCUT2D eigenvalue weighted by atomic mass is 16.5. The van der Waals surface area contributed by atoms with Crippen molar-refractivity contribution in [3.8, 4) is 28.8 Å². The molecule has 0 bridgehead atoms. The van der Waals surface area contributed by atoms with E-state index in [0.717, 1.165) is 11.3 Å². The lowest BCUT2D eigenvalue weighted by molar-refractivity contribution is 0.338. The number of nitrogens with zero attached hydrogens (tertiary/aromatic N) is 5. The minimum atomic E-state index is 0.249. The van der Waals surface area contributed by atoms with Gasteiger partial charge in [-0.05, 0) is 31.2 Å². The van der Waals surface area contributed by atoms with Crippen LogP contribution in [-0.2, 0) is 0 Å². The molecule has 0 aliphatic rings. The van der Waals surface area contributed by atoms with Crippen LogP contribution < -0.4 is 4.74 Å². The summed E-state index contributed by atoms with van der Waals surface area (Å²) in [6.07, 6.45) is 3.36. The van der Waals surface area contributed by atoms with E-state index in [2.05, 4.69) is 21.4 Å². The molecule has 0 spiro atoms. The molecule has 3 rings (SSSR count). The highest BCUT2D eigenvalue weighted by molar-refractivity contribution is 5.67. The number of hydrogen-bond donors (Lipinski definition) is 0. The Labute approximate surface area is 127 Å². The van der Waals surface area contributed by atoms with Crippen molar-refractivity contribution in [2.75, 3.05) is 6.61 Å². The highest BCUT2D eigenvalue weighted by Gasteiger charge is 2.18. The van der Waals surface area contributed by atoms with Crippen LogP contribution in [-0.4, -0.2) is 26.6 Å². The number of benzene rings is 1. The van der Waals surface area contributed by atoms with Crippen molar-refractivity contribution >= 4 is 0 Å². The molecule has 0 fully saturated rings. The third-order valence-electron chi connectivity index (χ3n) is 3.10. The van der Waals surface area contributed by atoms with Gasteiger partial charge in [0.15, 0.2) is 5.69 Å². The number of rotatable bonds is 4. The van der Waals surface area contributed by atoms with Gasteiger partial charge in [-0.2, -0.15) is 5.26 Å². The van der Waals surface area contributed by atoms with Gasteiger partial charge < -0.3 is 4.74 Å². The molecule has 0 aliphatic heterocycles. The molecular formula is C16H13N5O. The first-order valence-electron chi connectivity index (χ1n) is 6.83. The second-order valence-corrected chi connectivity index (χ2v) is 4.45. The highest BCUT2D eigenvalue weighted by Crippen LogP contribution is 2.29. The summed E-state index contributed by atoms with van der Waals surface area (Å²) in [6.45, 7) is 2.46. The zero-order valence-electron chi connectivity index (χ0n) is 12.0. The first kappa shape index (κ1) is 13.8. The molecule has 2 aromatic heterocycles. The normalized spacial score (nSPS) is 10.2. The lowest BCUT2D eigenvalue weighted by Crippen LogP contribution is -2.04. The fourth-order valence-electron chi connectivity index (χ4n) is 2.20. The largest absolute Gasteiger partial charge is 0.492 e. The van der Waals surface area contributed by atoms with Crippen molar-refractivity contribution < 1.29 is 4.74 Å². The molecule has 6 nitrogen and oxygen atoms in total. The van der Waals surface area contributed by atoms with E-state index in [1.165, 1.54) is 0 Å². The molecule has 0 saturated heterocycles. The molecule has 3 aromatic rings. The quantitative estimate of drug-likeness (QED) is 0.738. The van der Waals surface area contributed by atoms with Gasteiger partial charge in [0.1, 0.15) is 23.2 Å². The van der Waals surface area contributed by atoms with Crippen LogP contribution in [0.15, 0.2) is 48.8 Å². The summed E-state index contributed by atoms with van der Waals surface area (Å²) >= 11 is 0. The molecule has 0 saturated carbocycles. The van der Waals surface area contributed by atoms with E-state index in [4.69, 9.17) is 4.74 Å². The van der Waals surface area contributed by atoms with Gasteiger partial charge in [0.05, 0.1) is 6.61 Å². The lowest BCUT2D eigenvalue weighted by atomic mass is 10.1. The van der Waals surface area contributed by atoms with Gasteiger partial charge >= 0.3 is 0 Å². The summed E-state index contributed by atoms with van der Waals surface area (Å²) in [5, 5.41) is 17.4. The fourth-order valence-corrected chi connectivity index (χ4v) is 2.20. The van der Waals surface area contributed by atoms with Crippen LogP contribution in [0, 0.1) is 11.3 Å². The molecule has 0 atom stereocenters. The Balaban J connectivity index is 2.22. The summed E-state index contributed by atoms with van der Waals surface area (Å²) in [7, 11) is 0. The maximum atomic E-state index is 9.30. The summed E-state index contributed by atoms with van der Waals surface area (Å²) in [5.74, 6) is 0.685. The maximum Gasteiger partial charge on any atom is 0.191 e. The lowest BCUT2D eigenvalue weighted by Gasteiger charge is -2.11. The van der Waals surface area contributed by atoms with Crippen LogP contribution in [0.5, 0.6) is 5.75 Å². The smallest absolute Gasteiger partial charge is 0.191 e. The first-order valence-corrected chi connectivity index (χ1v) is 6.83. The van der Waals surface area contributed by atoms with Gasteiger partial charge in [-0.15, -0.1) is 5.10 Å². The molecule has 22 heavy (non-hydrogen) atoms. The van der Waals surface area contributed by atoms with Crippen molar-refractivity contribution in [1.82, 2.24) is 20.0 Å². The molecule has 0 N–H and O–H groups in total. The van der Waals surface area contributed by atoms with Crippen molar-refractivity contribution in [1.29, 1.82) is 5.26 Å². The van der Waals surface area contributed by atoms with Crippen LogP contribution in [0.25, 0.3) is 16.9 Å². The summed E-state index contributed by atoms with van der Waals surface area (Å²) in [6, 6.07) is 13.3. The van der Waals surface area contributed by atoms with Crippen molar-refractivity contribution in [2.24, 2.45) is 0 Å². The second kappa shape index (κ2) is 6.06. The van der Waals surface area contributed by atoms with Crippen LogP contribution in [0.3, 0.4) is 0 Å². The Kier molecular flexibility index (Phi) is 3.79. The molecule has 0 radical (unpaired) electrons. The molecule has 108 valence electrons. The van der Waals surface area contributed by atoms with Gasteiger partial charge in [-0.1, -0.05) is 17.3 Å². The Morgan fingerprint density at radius 2 is 2.09 bits per heavy atom. The number of pyridine rings is 1. The van der Waals surface area contributed by atoms with Crippen molar-refractivity contribution in [3.63, 3.8) is 0 Å². The predicted molar refractivity (Wildman–Crippen MR) is 80.5 cm³/mol. The fraction of sp³-hybridized carbons (Fsp3) is 0.125. The Morgan fingerprint density at radius 3 is 2.82 bits per heavy atom. The van der Waals surface area contributed by atoms with E-state index >= 15 is 0 Å². The van der Waals surface area contributed by atoms with Gasteiger partial charge in [0, 0.05) is 18.0 Å². The molecule has 0 unspecified atom stereocenters. The van der Waals surface area contributed by atoms with Crippen LogP contribution in [0.4, 0.5) is 0 Å². The summed E-state index contributed by atoms with van der Waals surface area (Å²) in [4.78, 5) is 4.10. The Hall–Kier alpha value is -3.20. The third-order valence-corrected chi connectivity index (χ3v) is 3.10. The standard InChI is InChI=1S/C16H13N5O/c1-2-22-15-8-4-3-7-14(15)21-16(13(10-17)19-20-21)12-6-5-9-18-11-12/h3-9,11H,2H2,1H3. The van der Waals surface area contributed by atoms with Crippen molar-refractivity contribution in [2.45, 2.75) is 6.92 Å². The molecule has 1 aromatic carbocycles. The second-order valence-electron chi connectivity index (χ2n) is 4.45. The van der Waals surface area contributed by atoms with Crippen LogP contribution in [0.1, 0.15) is 12.6 Å². The van der Waals surface area contributed by atoms with Gasteiger partial charge in [-0.3, -0.25) is 4.98 Å². The molecular weight excluding hydrogens is 278 g/mol. The van der Waals surface area contributed by atoms with E-state index in [0.29, 0.717) is 18.1 Å². The maximum absolute atomic E-state index is 9.30. The Morgan fingerprint density at radius 1 is 1.23 bits per heavy atom. The zero-order valence-corrected chi connectivity index (χ0v) is 12.0. The Bertz CT molecular complexity index is 820. The van der Waals surface area contributed by atoms with Gasteiger partial charge in [0.2, 0.25) is 0 Å². The monoisotopic (exact) mass is 291 g/mol. The van der Waals surface area contributed by atoms with Gasteiger partial charge in [0.25, 0.3) is 0 Å². The average molecular weight is 291 g/mol. The number of para-hydroxylation sites is 2.